The molecule has 8 heteroatoms. The fourth-order valence-electron chi connectivity index (χ4n) is 2.31. The molecule has 0 atom stereocenters. The molecule has 0 bridgehead atoms. The van der Waals surface area contributed by atoms with Crippen molar-refractivity contribution in [1.29, 1.82) is 0 Å². The van der Waals surface area contributed by atoms with Crippen molar-refractivity contribution in [3.8, 4) is 0 Å². The molecule has 0 aliphatic heterocycles. The van der Waals surface area contributed by atoms with E-state index in [4.69, 9.17) is 5.11 Å². The van der Waals surface area contributed by atoms with Crippen molar-refractivity contribution in [1.82, 2.24) is 24.1 Å². The van der Waals surface area contributed by atoms with Gasteiger partial charge in [-0.25, -0.2) is 4.98 Å². The first-order chi connectivity index (χ1) is 10.2. The van der Waals surface area contributed by atoms with Gasteiger partial charge in [0.05, 0.1) is 16.6 Å². The van der Waals surface area contributed by atoms with Crippen molar-refractivity contribution in [3.63, 3.8) is 0 Å². The monoisotopic (exact) mass is 305 g/mol. The first kappa shape index (κ1) is 14.0. The molecule has 3 aromatic rings. The number of rotatable bonds is 4. The molecule has 3 aromatic heterocycles. The fourth-order valence-corrected chi connectivity index (χ4v) is 2.65. The van der Waals surface area contributed by atoms with Gasteiger partial charge in [0, 0.05) is 19.3 Å². The Bertz CT molecular complexity index is 870. The lowest BCUT2D eigenvalue weighted by Gasteiger charge is -2.08. The van der Waals surface area contributed by atoms with Crippen molar-refractivity contribution in [2.45, 2.75) is 25.0 Å². The highest BCUT2D eigenvalue weighted by Gasteiger charge is 2.13. The fraction of sp³-hybridized carbons (Fsp3) is 0.385. The van der Waals surface area contributed by atoms with Crippen molar-refractivity contribution in [3.05, 3.63) is 28.3 Å². The Morgan fingerprint density at radius 2 is 2.19 bits per heavy atom. The number of aromatic nitrogens is 5. The molecule has 3 rings (SSSR count). The van der Waals surface area contributed by atoms with E-state index in [1.54, 1.807) is 22.2 Å². The van der Waals surface area contributed by atoms with Gasteiger partial charge in [0.25, 0.3) is 11.3 Å². The van der Waals surface area contributed by atoms with Crippen LogP contribution in [0.5, 0.6) is 0 Å². The normalized spacial score (nSPS) is 11.6. The lowest BCUT2D eigenvalue weighted by atomic mass is 10.2. The standard InChI is InChI=1S/C13H15N5O2S/c1-8-10-9(4-6-17(11(10)20)5-3-7-19)18-12(14-8)15-13(16-18)21-2/h4,6,19H,3,5,7H2,1-2H3. The van der Waals surface area contributed by atoms with Crippen molar-refractivity contribution in [2.75, 3.05) is 12.9 Å². The van der Waals surface area contributed by atoms with E-state index in [9.17, 15) is 4.79 Å². The maximum absolute atomic E-state index is 12.5. The topological polar surface area (TPSA) is 85.3 Å². The van der Waals surface area contributed by atoms with E-state index in [-0.39, 0.29) is 12.2 Å². The number of aryl methyl sites for hydroxylation is 2. The molecule has 0 fully saturated rings. The third-order valence-electron chi connectivity index (χ3n) is 3.31. The number of aliphatic hydroxyl groups is 1. The molecule has 0 unspecified atom stereocenters. The maximum atomic E-state index is 12.5. The summed E-state index contributed by atoms with van der Waals surface area (Å²) in [5.74, 6) is 0.497. The second-order valence-corrected chi connectivity index (χ2v) is 5.43. The van der Waals surface area contributed by atoms with Crippen LogP contribution in [0.2, 0.25) is 0 Å². The highest BCUT2D eigenvalue weighted by molar-refractivity contribution is 7.98. The van der Waals surface area contributed by atoms with Gasteiger partial charge in [0.15, 0.2) is 0 Å². The highest BCUT2D eigenvalue weighted by atomic mass is 32.2. The molecule has 0 aromatic carbocycles. The summed E-state index contributed by atoms with van der Waals surface area (Å²) in [5, 5.41) is 14.4. The summed E-state index contributed by atoms with van der Waals surface area (Å²) < 4.78 is 3.19. The second-order valence-electron chi connectivity index (χ2n) is 4.66. The lowest BCUT2D eigenvalue weighted by Crippen LogP contribution is -2.22. The summed E-state index contributed by atoms with van der Waals surface area (Å²) in [7, 11) is 0. The number of hydrogen-bond acceptors (Lipinski definition) is 6. The SMILES string of the molecule is CSc1nc2nc(C)c3c(=O)n(CCCO)ccc3n2n1. The molecule has 0 saturated carbocycles. The van der Waals surface area contributed by atoms with Crippen LogP contribution in [0.3, 0.4) is 0 Å². The second kappa shape index (κ2) is 5.45. The summed E-state index contributed by atoms with van der Waals surface area (Å²) in [6.07, 6.45) is 4.16. The van der Waals surface area contributed by atoms with Gasteiger partial charge in [0.1, 0.15) is 0 Å². The van der Waals surface area contributed by atoms with Crippen LogP contribution in [0.4, 0.5) is 0 Å². The zero-order valence-electron chi connectivity index (χ0n) is 11.8. The molecule has 21 heavy (non-hydrogen) atoms. The predicted octanol–water partition coefficient (Wildman–Crippen LogP) is 0.852. The maximum Gasteiger partial charge on any atom is 0.261 e. The summed E-state index contributed by atoms with van der Waals surface area (Å²) in [4.78, 5) is 21.2. The van der Waals surface area contributed by atoms with Gasteiger partial charge in [0.2, 0.25) is 5.16 Å². The van der Waals surface area contributed by atoms with Crippen molar-refractivity contribution in [2.24, 2.45) is 0 Å². The Balaban J connectivity index is 2.31. The smallest absolute Gasteiger partial charge is 0.261 e. The summed E-state index contributed by atoms with van der Waals surface area (Å²) in [5.41, 5.74) is 1.23. The van der Waals surface area contributed by atoms with E-state index in [1.165, 1.54) is 11.8 Å². The van der Waals surface area contributed by atoms with Crippen molar-refractivity contribution < 1.29 is 5.11 Å². The first-order valence-corrected chi connectivity index (χ1v) is 7.79. The molecule has 3 heterocycles. The van der Waals surface area contributed by atoms with Gasteiger partial charge in [-0.3, -0.25) is 4.79 Å². The number of pyridine rings is 1. The van der Waals surface area contributed by atoms with E-state index in [2.05, 4.69) is 15.1 Å². The molecule has 1 N–H and O–H groups in total. The number of thioether (sulfide) groups is 1. The van der Waals surface area contributed by atoms with E-state index >= 15 is 0 Å². The molecular weight excluding hydrogens is 290 g/mol. The van der Waals surface area contributed by atoms with Crippen LogP contribution in [0.15, 0.2) is 22.2 Å². The molecule has 110 valence electrons. The Hall–Kier alpha value is -1.93. The Morgan fingerprint density at radius 1 is 1.38 bits per heavy atom. The Kier molecular flexibility index (Phi) is 3.64. The average molecular weight is 305 g/mol. The summed E-state index contributed by atoms with van der Waals surface area (Å²) in [6, 6.07) is 1.84. The molecule has 7 nitrogen and oxygen atoms in total. The van der Waals surface area contributed by atoms with Gasteiger partial charge < -0.3 is 9.67 Å². The van der Waals surface area contributed by atoms with Crippen molar-refractivity contribution >= 4 is 28.4 Å². The highest BCUT2D eigenvalue weighted by Crippen LogP contribution is 2.17. The minimum absolute atomic E-state index is 0.0565. The zero-order valence-corrected chi connectivity index (χ0v) is 12.6. The van der Waals surface area contributed by atoms with Crippen LogP contribution in [0.25, 0.3) is 16.7 Å². The van der Waals surface area contributed by atoms with E-state index in [0.717, 1.165) is 0 Å². The third-order valence-corrected chi connectivity index (χ3v) is 3.85. The average Bonchev–Trinajstić information content (AvgIpc) is 2.89. The number of hydrogen-bond donors (Lipinski definition) is 1. The number of aliphatic hydroxyl groups excluding tert-OH is 1. The molecule has 0 radical (unpaired) electrons. The molecule has 0 aliphatic carbocycles. The quantitative estimate of drug-likeness (QED) is 0.719. The minimum Gasteiger partial charge on any atom is -0.396 e. The van der Waals surface area contributed by atoms with Gasteiger partial charge in [-0.15, -0.1) is 5.10 Å². The van der Waals surface area contributed by atoms with E-state index in [0.29, 0.717) is 40.5 Å². The van der Waals surface area contributed by atoms with E-state index in [1.807, 2.05) is 12.3 Å². The van der Waals surface area contributed by atoms with Crippen LogP contribution in [-0.2, 0) is 6.54 Å². The molecule has 0 amide bonds. The minimum atomic E-state index is -0.117. The van der Waals surface area contributed by atoms with Crippen LogP contribution in [0.1, 0.15) is 12.1 Å². The summed E-state index contributed by atoms with van der Waals surface area (Å²) in [6.45, 7) is 2.34. The van der Waals surface area contributed by atoms with Crippen LogP contribution >= 0.6 is 11.8 Å². The molecule has 0 aliphatic rings. The van der Waals surface area contributed by atoms with Gasteiger partial charge >= 0.3 is 0 Å². The van der Waals surface area contributed by atoms with E-state index < -0.39 is 0 Å². The largest absolute Gasteiger partial charge is 0.396 e. The van der Waals surface area contributed by atoms with Gasteiger partial charge in [-0.05, 0) is 25.7 Å². The van der Waals surface area contributed by atoms with Crippen LogP contribution in [-0.4, -0.2) is 42.1 Å². The summed E-state index contributed by atoms with van der Waals surface area (Å²) >= 11 is 1.43. The van der Waals surface area contributed by atoms with Gasteiger partial charge in [-0.2, -0.15) is 9.50 Å². The Morgan fingerprint density at radius 3 is 2.90 bits per heavy atom. The number of fused-ring (bicyclic) bond motifs is 3. The first-order valence-electron chi connectivity index (χ1n) is 6.57. The van der Waals surface area contributed by atoms with Gasteiger partial charge in [-0.1, -0.05) is 11.8 Å². The Labute approximate surface area is 124 Å². The molecule has 0 spiro atoms. The third kappa shape index (κ3) is 2.30. The molecular formula is C13H15N5O2S. The molecule has 0 saturated heterocycles. The predicted molar refractivity (Wildman–Crippen MR) is 80.8 cm³/mol. The number of nitrogens with zero attached hydrogens (tertiary/aromatic N) is 5. The lowest BCUT2D eigenvalue weighted by molar-refractivity contribution is 0.279. The zero-order chi connectivity index (χ0) is 15.0. The van der Waals surface area contributed by atoms with Crippen LogP contribution < -0.4 is 5.56 Å². The van der Waals surface area contributed by atoms with Crippen LogP contribution in [0, 0.1) is 6.92 Å².